The van der Waals surface area contributed by atoms with Gasteiger partial charge in [0.15, 0.2) is 0 Å². The summed E-state index contributed by atoms with van der Waals surface area (Å²) in [5.74, 6) is 0.662. The average molecular weight is 425 g/mol. The Morgan fingerprint density at radius 1 is 1.03 bits per heavy atom. The molecule has 0 aromatic heterocycles. The number of hydrogen-bond acceptors (Lipinski definition) is 4. The van der Waals surface area contributed by atoms with Gasteiger partial charge in [-0.2, -0.15) is 0 Å². The Bertz CT molecular complexity index is 1050. The molecule has 0 amide bonds. The third-order valence-electron chi connectivity index (χ3n) is 4.98. The minimum atomic E-state index is -0.304. The first kappa shape index (κ1) is 20.3. The molecule has 6 heteroatoms. The van der Waals surface area contributed by atoms with Crippen molar-refractivity contribution < 1.29 is 14.2 Å². The molecule has 1 aliphatic rings. The van der Waals surface area contributed by atoms with Gasteiger partial charge in [0, 0.05) is 16.3 Å². The van der Waals surface area contributed by atoms with Crippen molar-refractivity contribution in [1.82, 2.24) is 10.6 Å². The number of aromatic hydroxyl groups is 1. The average Bonchev–Trinajstić information content (AvgIpc) is 2.76. The van der Waals surface area contributed by atoms with E-state index in [9.17, 15) is 9.50 Å². The highest BCUT2D eigenvalue weighted by Gasteiger charge is 2.26. The highest BCUT2D eigenvalue weighted by Crippen LogP contribution is 2.35. The minimum absolute atomic E-state index is 0.152. The fourth-order valence-electron chi connectivity index (χ4n) is 3.51. The van der Waals surface area contributed by atoms with E-state index < -0.39 is 0 Å². The van der Waals surface area contributed by atoms with E-state index in [1.54, 1.807) is 30.3 Å². The minimum Gasteiger partial charge on any atom is -0.508 e. The van der Waals surface area contributed by atoms with Crippen molar-refractivity contribution in [2.75, 3.05) is 6.61 Å². The lowest BCUT2D eigenvalue weighted by Crippen LogP contribution is -2.39. The van der Waals surface area contributed by atoms with Gasteiger partial charge in [0.2, 0.25) is 0 Å². The van der Waals surface area contributed by atoms with E-state index in [2.05, 4.69) is 10.6 Å². The van der Waals surface area contributed by atoms with Crippen molar-refractivity contribution in [3.05, 3.63) is 100 Å². The summed E-state index contributed by atoms with van der Waals surface area (Å²) < 4.78 is 19.0. The fourth-order valence-corrected chi connectivity index (χ4v) is 3.69. The molecule has 3 aromatic rings. The Balaban J connectivity index is 1.73. The normalized spacial score (nSPS) is 18.4. The second-order valence-corrected chi connectivity index (χ2v) is 7.45. The van der Waals surface area contributed by atoms with Crippen LogP contribution in [0, 0.1) is 5.82 Å². The molecule has 0 saturated carbocycles. The van der Waals surface area contributed by atoms with Crippen LogP contribution in [0.5, 0.6) is 11.5 Å². The number of rotatable bonds is 5. The molecule has 2 unspecified atom stereocenters. The number of benzene rings is 3. The highest BCUT2D eigenvalue weighted by atomic mass is 35.5. The van der Waals surface area contributed by atoms with Crippen molar-refractivity contribution >= 4 is 17.3 Å². The summed E-state index contributed by atoms with van der Waals surface area (Å²) in [6.07, 6.45) is 1.71. The molecule has 30 heavy (non-hydrogen) atoms. The summed E-state index contributed by atoms with van der Waals surface area (Å²) in [5.41, 5.74) is 3.40. The Hall–Kier alpha value is -3.02. The summed E-state index contributed by atoms with van der Waals surface area (Å²) in [6, 6.07) is 18.8. The van der Waals surface area contributed by atoms with Crippen LogP contribution in [0.3, 0.4) is 0 Å². The molecule has 0 spiro atoms. The van der Waals surface area contributed by atoms with E-state index in [1.165, 1.54) is 12.1 Å². The zero-order valence-corrected chi connectivity index (χ0v) is 17.2. The van der Waals surface area contributed by atoms with Gasteiger partial charge in [0.05, 0.1) is 12.6 Å². The second-order valence-electron chi connectivity index (χ2n) is 7.01. The molecule has 0 radical (unpaired) electrons. The van der Waals surface area contributed by atoms with Gasteiger partial charge >= 0.3 is 0 Å². The zero-order chi connectivity index (χ0) is 21.1. The van der Waals surface area contributed by atoms with Gasteiger partial charge in [-0.15, -0.1) is 0 Å². The molecule has 3 aromatic carbocycles. The first-order chi connectivity index (χ1) is 14.5. The zero-order valence-electron chi connectivity index (χ0n) is 16.4. The largest absolute Gasteiger partial charge is 0.508 e. The monoisotopic (exact) mass is 424 g/mol. The van der Waals surface area contributed by atoms with Crippen LogP contribution in [-0.4, -0.2) is 11.7 Å². The lowest BCUT2D eigenvalue weighted by atomic mass is 9.98. The van der Waals surface area contributed by atoms with Crippen LogP contribution in [0.2, 0.25) is 5.02 Å². The van der Waals surface area contributed by atoms with Crippen LogP contribution in [0.4, 0.5) is 4.39 Å². The highest BCUT2D eigenvalue weighted by molar-refractivity contribution is 6.30. The predicted octanol–water partition coefficient (Wildman–Crippen LogP) is 5.56. The molecule has 0 saturated heterocycles. The lowest BCUT2D eigenvalue weighted by molar-refractivity contribution is 0.340. The molecule has 2 atom stereocenters. The predicted molar refractivity (Wildman–Crippen MR) is 117 cm³/mol. The van der Waals surface area contributed by atoms with Crippen molar-refractivity contribution in [3.63, 3.8) is 0 Å². The SMILES string of the molecule is CCOc1ccc(C2=CC(c3cc(Cl)ccc3O)NC(c3ccc(F)cc3)N2)cc1. The topological polar surface area (TPSA) is 53.5 Å². The first-order valence-corrected chi connectivity index (χ1v) is 10.1. The number of halogens is 2. The van der Waals surface area contributed by atoms with Crippen LogP contribution < -0.4 is 15.4 Å². The van der Waals surface area contributed by atoms with Gasteiger partial charge in [-0.3, -0.25) is 5.32 Å². The summed E-state index contributed by atoms with van der Waals surface area (Å²) >= 11 is 6.18. The molecular formula is C24H22ClFN2O2. The summed E-state index contributed by atoms with van der Waals surface area (Å²) in [4.78, 5) is 0. The maximum Gasteiger partial charge on any atom is 0.123 e. The molecule has 0 fully saturated rings. The van der Waals surface area contributed by atoms with E-state index in [4.69, 9.17) is 16.3 Å². The smallest absolute Gasteiger partial charge is 0.123 e. The summed E-state index contributed by atoms with van der Waals surface area (Å²) in [7, 11) is 0. The van der Waals surface area contributed by atoms with Gasteiger partial charge in [0.25, 0.3) is 0 Å². The van der Waals surface area contributed by atoms with E-state index >= 15 is 0 Å². The molecule has 1 aliphatic heterocycles. The van der Waals surface area contributed by atoms with E-state index in [0.717, 1.165) is 22.6 Å². The van der Waals surface area contributed by atoms with Gasteiger partial charge in [-0.05, 0) is 78.7 Å². The number of nitrogens with one attached hydrogen (secondary N) is 2. The molecular weight excluding hydrogens is 403 g/mol. The summed E-state index contributed by atoms with van der Waals surface area (Å²) in [5, 5.41) is 17.9. The van der Waals surface area contributed by atoms with E-state index in [1.807, 2.05) is 37.3 Å². The van der Waals surface area contributed by atoms with Crippen LogP contribution in [0.1, 0.15) is 35.8 Å². The number of hydrogen-bond donors (Lipinski definition) is 3. The quantitative estimate of drug-likeness (QED) is 0.502. The van der Waals surface area contributed by atoms with Crippen LogP contribution >= 0.6 is 11.6 Å². The van der Waals surface area contributed by atoms with Crippen LogP contribution in [0.25, 0.3) is 5.70 Å². The third-order valence-corrected chi connectivity index (χ3v) is 5.22. The van der Waals surface area contributed by atoms with Crippen LogP contribution in [0.15, 0.2) is 72.8 Å². The third kappa shape index (κ3) is 4.42. The number of ether oxygens (including phenoxy) is 1. The van der Waals surface area contributed by atoms with Gasteiger partial charge in [-0.1, -0.05) is 23.7 Å². The Labute approximate surface area is 180 Å². The Morgan fingerprint density at radius 3 is 2.47 bits per heavy atom. The molecule has 1 heterocycles. The summed E-state index contributed by atoms with van der Waals surface area (Å²) in [6.45, 7) is 2.55. The molecule has 0 bridgehead atoms. The van der Waals surface area contributed by atoms with Crippen molar-refractivity contribution in [3.8, 4) is 11.5 Å². The fraction of sp³-hybridized carbons (Fsp3) is 0.167. The van der Waals surface area contributed by atoms with Gasteiger partial charge in [0.1, 0.15) is 23.5 Å². The maximum atomic E-state index is 13.4. The first-order valence-electron chi connectivity index (χ1n) is 9.75. The molecule has 0 aliphatic carbocycles. The van der Waals surface area contributed by atoms with Gasteiger partial charge in [-0.25, -0.2) is 4.39 Å². The van der Waals surface area contributed by atoms with E-state index in [0.29, 0.717) is 17.2 Å². The Morgan fingerprint density at radius 2 is 1.77 bits per heavy atom. The molecule has 3 N–H and O–H groups in total. The molecule has 154 valence electrons. The van der Waals surface area contributed by atoms with Crippen molar-refractivity contribution in [2.45, 2.75) is 19.1 Å². The Kier molecular flexibility index (Phi) is 5.93. The lowest BCUT2D eigenvalue weighted by Gasteiger charge is -2.33. The van der Waals surface area contributed by atoms with E-state index in [-0.39, 0.29) is 23.8 Å². The molecule has 4 rings (SSSR count). The van der Waals surface area contributed by atoms with Crippen molar-refractivity contribution in [1.29, 1.82) is 0 Å². The number of phenols is 1. The second kappa shape index (κ2) is 8.78. The number of phenolic OH excluding ortho intramolecular Hbond substituents is 1. The van der Waals surface area contributed by atoms with Gasteiger partial charge < -0.3 is 15.2 Å². The molecule has 4 nitrogen and oxygen atoms in total. The van der Waals surface area contributed by atoms with Crippen molar-refractivity contribution in [2.24, 2.45) is 0 Å². The van der Waals surface area contributed by atoms with Crippen LogP contribution in [-0.2, 0) is 0 Å². The maximum absolute atomic E-state index is 13.4. The standard InChI is InChI=1S/C24H22ClFN2O2/c1-2-30-19-10-5-15(6-11-19)21-14-22(20-13-17(25)7-12-23(20)29)28-24(27-21)16-3-8-18(26)9-4-16/h3-14,22,24,27-29H,2H2,1H3.